The number of aromatic nitrogens is 2. The maximum Gasteiger partial charge on any atom is 0.335 e. The molecule has 4 heterocycles. The predicted octanol–water partition coefficient (Wildman–Crippen LogP) is 8.61. The lowest BCUT2D eigenvalue weighted by molar-refractivity contribution is 0.0686. The highest BCUT2D eigenvalue weighted by molar-refractivity contribution is 5.95. The van der Waals surface area contributed by atoms with Gasteiger partial charge in [0.2, 0.25) is 0 Å². The Morgan fingerprint density at radius 2 is 1.07 bits per heavy atom. The molecule has 0 aliphatic carbocycles. The summed E-state index contributed by atoms with van der Waals surface area (Å²) in [5, 5.41) is 20.5. The van der Waals surface area contributed by atoms with Crippen LogP contribution in [-0.4, -0.2) is 107 Å². The topological polar surface area (TPSA) is 119 Å². The van der Waals surface area contributed by atoms with Crippen molar-refractivity contribution in [1.29, 1.82) is 0 Å². The highest BCUT2D eigenvalue weighted by atomic mass is 19.1. The van der Waals surface area contributed by atoms with Crippen molar-refractivity contribution in [1.82, 2.24) is 19.8 Å². The molecule has 0 atom stereocenters. The molecule has 2 fully saturated rings. The van der Waals surface area contributed by atoms with E-state index < -0.39 is 11.9 Å². The molecule has 0 bridgehead atoms. The molecular weight excluding hydrogens is 751 g/mol. The van der Waals surface area contributed by atoms with E-state index >= 15 is 0 Å². The number of aromatic amines is 2. The minimum absolute atomic E-state index is 0.193. The van der Waals surface area contributed by atoms with Gasteiger partial charge in [-0.15, -0.1) is 0 Å². The van der Waals surface area contributed by atoms with E-state index in [4.69, 9.17) is 0 Å². The van der Waals surface area contributed by atoms with Gasteiger partial charge in [-0.2, -0.15) is 0 Å². The highest BCUT2D eigenvalue weighted by Gasteiger charge is 2.19. The van der Waals surface area contributed by atoms with E-state index in [1.165, 1.54) is 35.4 Å². The van der Waals surface area contributed by atoms with E-state index in [1.54, 1.807) is 24.3 Å². The molecule has 10 nitrogen and oxygen atoms in total. The molecule has 12 heteroatoms. The number of rotatable bonds is 14. The first-order valence-corrected chi connectivity index (χ1v) is 20.7. The van der Waals surface area contributed by atoms with Gasteiger partial charge in [-0.1, -0.05) is 0 Å². The zero-order valence-corrected chi connectivity index (χ0v) is 33.7. The van der Waals surface area contributed by atoms with Crippen LogP contribution < -0.4 is 9.80 Å². The first kappa shape index (κ1) is 41.4. The second-order valence-corrected chi connectivity index (χ2v) is 15.7. The Kier molecular flexibility index (Phi) is 13.6. The molecule has 2 saturated heterocycles. The van der Waals surface area contributed by atoms with Gasteiger partial charge in [0.15, 0.2) is 0 Å². The summed E-state index contributed by atoms with van der Waals surface area (Å²) in [7, 11) is 0. The van der Waals surface area contributed by atoms with Crippen molar-refractivity contribution in [2.45, 2.75) is 45.4 Å². The number of carboxylic acid groups (broad SMARTS) is 2. The third-order valence-electron chi connectivity index (χ3n) is 11.8. The SMILES string of the molecule is Cc1[nH]c2ccc(C(=O)O)cc2c1CCCCN1CCN(c2ccc(F)cc2)CC1.O=C(O)c1ccc2[nH]cc(CCCCN3CCN(c4ccc(F)cc4)CC3)c2c1. The molecule has 0 radical (unpaired) electrons. The lowest BCUT2D eigenvalue weighted by Gasteiger charge is -2.36. The van der Waals surface area contributed by atoms with E-state index in [-0.39, 0.29) is 11.6 Å². The zero-order chi connectivity index (χ0) is 41.3. The molecular formula is C47H54F2N6O4. The number of benzene rings is 4. The summed E-state index contributed by atoms with van der Waals surface area (Å²) in [5.74, 6) is -2.16. The molecule has 0 spiro atoms. The van der Waals surface area contributed by atoms with Crippen LogP contribution in [0.2, 0.25) is 0 Å². The van der Waals surface area contributed by atoms with Gasteiger partial charge in [-0.25, -0.2) is 18.4 Å². The van der Waals surface area contributed by atoms with Crippen molar-refractivity contribution >= 4 is 45.1 Å². The van der Waals surface area contributed by atoms with Gasteiger partial charge in [0.1, 0.15) is 11.6 Å². The smallest absolute Gasteiger partial charge is 0.335 e. The number of aromatic carboxylic acids is 2. The number of H-pyrrole nitrogens is 2. The Bertz CT molecular complexity index is 2330. The van der Waals surface area contributed by atoms with Crippen LogP contribution in [0, 0.1) is 18.6 Å². The summed E-state index contributed by atoms with van der Waals surface area (Å²) in [6, 6.07) is 24.0. The number of hydrogen-bond donors (Lipinski definition) is 4. The highest BCUT2D eigenvalue weighted by Crippen LogP contribution is 2.26. The summed E-state index contributed by atoms with van der Waals surface area (Å²) in [6.07, 6.45) is 8.26. The Hall–Kier alpha value is -5.72. The van der Waals surface area contributed by atoms with Gasteiger partial charge in [-0.3, -0.25) is 9.80 Å². The van der Waals surface area contributed by atoms with Crippen LogP contribution in [0.5, 0.6) is 0 Å². The zero-order valence-electron chi connectivity index (χ0n) is 33.7. The average molecular weight is 805 g/mol. The molecule has 310 valence electrons. The van der Waals surface area contributed by atoms with E-state index in [1.807, 2.05) is 42.6 Å². The first-order valence-electron chi connectivity index (χ1n) is 20.7. The van der Waals surface area contributed by atoms with Crippen molar-refractivity contribution in [3.8, 4) is 0 Å². The maximum absolute atomic E-state index is 13.1. The number of aryl methyl sites for hydroxylation is 3. The maximum atomic E-state index is 13.1. The number of nitrogens with one attached hydrogen (secondary N) is 2. The van der Waals surface area contributed by atoms with Gasteiger partial charge < -0.3 is 30.0 Å². The van der Waals surface area contributed by atoms with Crippen molar-refractivity contribution in [3.63, 3.8) is 0 Å². The predicted molar refractivity (Wildman–Crippen MR) is 231 cm³/mol. The van der Waals surface area contributed by atoms with E-state index in [9.17, 15) is 28.6 Å². The Balaban J connectivity index is 0.000000179. The average Bonchev–Trinajstić information content (AvgIpc) is 3.80. The molecule has 2 aliphatic rings. The van der Waals surface area contributed by atoms with Crippen molar-refractivity contribution in [2.75, 3.05) is 75.2 Å². The number of piperazine rings is 2. The molecule has 59 heavy (non-hydrogen) atoms. The number of fused-ring (bicyclic) bond motifs is 2. The number of anilines is 2. The molecule has 6 aromatic rings. The lowest BCUT2D eigenvalue weighted by atomic mass is 10.0. The van der Waals surface area contributed by atoms with Gasteiger partial charge in [0.25, 0.3) is 0 Å². The minimum Gasteiger partial charge on any atom is -0.478 e. The van der Waals surface area contributed by atoms with E-state index in [2.05, 4.69) is 36.5 Å². The second-order valence-electron chi connectivity index (χ2n) is 15.7. The summed E-state index contributed by atoms with van der Waals surface area (Å²) >= 11 is 0. The normalized spacial score (nSPS) is 15.1. The van der Waals surface area contributed by atoms with Crippen LogP contribution in [0.15, 0.2) is 91.1 Å². The quantitative estimate of drug-likeness (QED) is 0.0809. The van der Waals surface area contributed by atoms with Gasteiger partial charge in [0, 0.05) is 97.4 Å². The number of halogens is 2. The third kappa shape index (κ3) is 10.7. The second kappa shape index (κ2) is 19.4. The molecule has 0 unspecified atom stereocenters. The van der Waals surface area contributed by atoms with Gasteiger partial charge in [0.05, 0.1) is 11.1 Å². The van der Waals surface area contributed by atoms with Crippen LogP contribution >= 0.6 is 0 Å². The van der Waals surface area contributed by atoms with Crippen LogP contribution in [-0.2, 0) is 12.8 Å². The fourth-order valence-electron chi connectivity index (χ4n) is 8.41. The standard InChI is InChI=1S/C24H28FN3O2.C23H26FN3O2/c1-17-21(22-16-18(24(29)30)5-10-23(22)26-17)4-2-3-11-27-12-14-28(15-13-27)20-8-6-19(25)7-9-20;24-19-5-7-20(8-6-19)27-13-11-26(12-14-27)10-2-1-3-18-16-25-22-9-4-17(23(28)29)15-21(18)22/h5-10,16,26H,2-4,11-15H2,1H3,(H,29,30);4-9,15-16,25H,1-3,10-14H2,(H,28,29). The van der Waals surface area contributed by atoms with Crippen LogP contribution in [0.3, 0.4) is 0 Å². The van der Waals surface area contributed by atoms with E-state index in [0.717, 1.165) is 143 Å². The molecule has 2 aromatic heterocycles. The Labute approximate surface area is 344 Å². The van der Waals surface area contributed by atoms with Gasteiger partial charge >= 0.3 is 11.9 Å². The Morgan fingerprint density at radius 3 is 1.58 bits per heavy atom. The van der Waals surface area contributed by atoms with Gasteiger partial charge in [-0.05, 0) is 155 Å². The summed E-state index contributed by atoms with van der Waals surface area (Å²) in [6.45, 7) is 12.1. The first-order chi connectivity index (χ1) is 28.6. The molecule has 4 aromatic carbocycles. The molecule has 0 amide bonds. The lowest BCUT2D eigenvalue weighted by Crippen LogP contribution is -2.46. The van der Waals surface area contributed by atoms with Crippen LogP contribution in [0.25, 0.3) is 21.8 Å². The molecule has 8 rings (SSSR count). The minimum atomic E-state index is -0.890. The van der Waals surface area contributed by atoms with Crippen molar-refractivity contribution < 1.29 is 28.6 Å². The summed E-state index contributed by atoms with van der Waals surface area (Å²) in [5.41, 5.74) is 8.38. The largest absolute Gasteiger partial charge is 0.478 e. The molecule has 4 N–H and O–H groups in total. The number of nitrogens with zero attached hydrogens (tertiary/aromatic N) is 4. The Morgan fingerprint density at radius 1 is 0.593 bits per heavy atom. The number of hydrogen-bond acceptors (Lipinski definition) is 6. The third-order valence-corrected chi connectivity index (χ3v) is 11.8. The molecule has 2 aliphatic heterocycles. The summed E-state index contributed by atoms with van der Waals surface area (Å²) in [4.78, 5) is 38.7. The van der Waals surface area contributed by atoms with Crippen molar-refractivity contribution in [2.24, 2.45) is 0 Å². The molecule has 0 saturated carbocycles. The summed E-state index contributed by atoms with van der Waals surface area (Å²) < 4.78 is 26.2. The number of unbranched alkanes of at least 4 members (excludes halogenated alkanes) is 2. The van der Waals surface area contributed by atoms with Crippen LogP contribution in [0.4, 0.5) is 20.2 Å². The van der Waals surface area contributed by atoms with E-state index in [0.29, 0.717) is 11.1 Å². The monoisotopic (exact) mass is 804 g/mol. The fraction of sp³-hybridized carbons (Fsp3) is 0.362. The fourth-order valence-corrected chi connectivity index (χ4v) is 8.41. The number of carboxylic acids is 2. The van der Waals surface area contributed by atoms with Crippen molar-refractivity contribution in [3.05, 3.63) is 131 Å². The van der Waals surface area contributed by atoms with Crippen LogP contribution in [0.1, 0.15) is 63.2 Å². The number of carbonyl (C=O) groups is 2.